The van der Waals surface area contributed by atoms with Gasteiger partial charge in [0.25, 0.3) is 0 Å². The Balaban J connectivity index is 1.74. The molecule has 0 aliphatic carbocycles. The summed E-state index contributed by atoms with van der Waals surface area (Å²) in [5.74, 6) is 0.649. The lowest BCUT2D eigenvalue weighted by Crippen LogP contribution is -2.40. The fourth-order valence-corrected chi connectivity index (χ4v) is 2.80. The number of nitrogens with one attached hydrogen (secondary N) is 1. The Morgan fingerprint density at radius 3 is 2.89 bits per heavy atom. The Morgan fingerprint density at radius 2 is 2.00 bits per heavy atom. The summed E-state index contributed by atoms with van der Waals surface area (Å²) in [4.78, 5) is 0. The van der Waals surface area contributed by atoms with Crippen LogP contribution in [0.15, 0.2) is 42.5 Å². The van der Waals surface area contributed by atoms with E-state index in [0.29, 0.717) is 18.6 Å². The van der Waals surface area contributed by atoms with Crippen LogP contribution in [0.1, 0.15) is 18.9 Å². The largest absolute Gasteiger partial charge is 0.372 e. The highest BCUT2D eigenvalue weighted by Crippen LogP contribution is 2.21. The maximum Gasteiger partial charge on any atom is 0.0729 e. The highest BCUT2D eigenvalue weighted by atomic mass is 16.5. The third-order valence-electron chi connectivity index (χ3n) is 4.09. The minimum Gasteiger partial charge on any atom is -0.372 e. The lowest BCUT2D eigenvalue weighted by atomic mass is 9.97. The molecule has 2 aromatic carbocycles. The Labute approximate surface area is 114 Å². The normalized spacial score (nSPS) is 23.6. The molecule has 1 fully saturated rings. The fourth-order valence-electron chi connectivity index (χ4n) is 2.80. The van der Waals surface area contributed by atoms with Gasteiger partial charge in [-0.1, -0.05) is 49.4 Å². The van der Waals surface area contributed by atoms with Crippen molar-refractivity contribution in [3.63, 3.8) is 0 Å². The molecule has 0 bridgehead atoms. The molecule has 0 saturated carbocycles. The van der Waals surface area contributed by atoms with Crippen LogP contribution in [0.3, 0.4) is 0 Å². The van der Waals surface area contributed by atoms with Crippen molar-refractivity contribution >= 4 is 10.8 Å². The van der Waals surface area contributed by atoms with E-state index in [1.807, 2.05) is 0 Å². The molecule has 100 valence electrons. The first kappa shape index (κ1) is 12.6. The van der Waals surface area contributed by atoms with Gasteiger partial charge in [-0.15, -0.1) is 0 Å². The van der Waals surface area contributed by atoms with Gasteiger partial charge in [-0.25, -0.2) is 0 Å². The molecule has 1 N–H and O–H groups in total. The van der Waals surface area contributed by atoms with Crippen molar-refractivity contribution in [1.29, 1.82) is 0 Å². The van der Waals surface area contributed by atoms with Gasteiger partial charge in [0.05, 0.1) is 12.7 Å². The van der Waals surface area contributed by atoms with E-state index in [9.17, 15) is 0 Å². The molecule has 2 atom stereocenters. The number of ether oxygens (including phenoxy) is 1. The zero-order valence-electron chi connectivity index (χ0n) is 11.4. The van der Waals surface area contributed by atoms with Crippen molar-refractivity contribution in [2.75, 3.05) is 13.1 Å². The van der Waals surface area contributed by atoms with Gasteiger partial charge in [0.1, 0.15) is 0 Å². The lowest BCUT2D eigenvalue weighted by Gasteiger charge is -2.29. The van der Waals surface area contributed by atoms with Crippen LogP contribution >= 0.6 is 0 Å². The zero-order chi connectivity index (χ0) is 13.1. The van der Waals surface area contributed by atoms with Crippen molar-refractivity contribution in [3.8, 4) is 0 Å². The average molecular weight is 255 g/mol. The van der Waals surface area contributed by atoms with Gasteiger partial charge >= 0.3 is 0 Å². The van der Waals surface area contributed by atoms with E-state index in [4.69, 9.17) is 4.74 Å². The number of hydrogen-bond donors (Lipinski definition) is 1. The average Bonchev–Trinajstić information content (AvgIpc) is 2.46. The first-order valence-electron chi connectivity index (χ1n) is 7.13. The lowest BCUT2D eigenvalue weighted by molar-refractivity contribution is -0.00610. The van der Waals surface area contributed by atoms with Crippen LogP contribution in [-0.4, -0.2) is 19.2 Å². The van der Waals surface area contributed by atoms with E-state index in [1.54, 1.807) is 0 Å². The van der Waals surface area contributed by atoms with Crippen LogP contribution in [0.2, 0.25) is 0 Å². The van der Waals surface area contributed by atoms with Crippen LogP contribution < -0.4 is 5.32 Å². The summed E-state index contributed by atoms with van der Waals surface area (Å²) in [5.41, 5.74) is 1.29. The number of rotatable bonds is 3. The van der Waals surface area contributed by atoms with Gasteiger partial charge in [-0.3, -0.25) is 0 Å². The van der Waals surface area contributed by atoms with Gasteiger partial charge in [-0.2, -0.15) is 0 Å². The Morgan fingerprint density at radius 1 is 1.16 bits per heavy atom. The topological polar surface area (TPSA) is 21.3 Å². The molecule has 2 unspecified atom stereocenters. The molecule has 0 spiro atoms. The molecular weight excluding hydrogens is 234 g/mol. The fraction of sp³-hybridized carbons (Fsp3) is 0.412. The van der Waals surface area contributed by atoms with E-state index in [0.717, 1.165) is 13.1 Å². The number of piperidine rings is 1. The quantitative estimate of drug-likeness (QED) is 0.908. The maximum atomic E-state index is 6.13. The Bertz CT molecular complexity index is 546. The molecule has 0 amide bonds. The standard InChI is InChI=1S/C17H21NO/c1-13-9-10-18-11-17(13)19-12-15-7-4-6-14-5-2-3-8-16(14)15/h2-8,13,17-18H,9-12H2,1H3. The molecule has 2 heteroatoms. The van der Waals surface area contributed by atoms with Crippen molar-refractivity contribution in [2.24, 2.45) is 5.92 Å². The molecule has 1 saturated heterocycles. The first-order chi connectivity index (χ1) is 9.34. The van der Waals surface area contributed by atoms with Gasteiger partial charge in [0.15, 0.2) is 0 Å². The smallest absolute Gasteiger partial charge is 0.0729 e. The van der Waals surface area contributed by atoms with E-state index in [1.165, 1.54) is 22.8 Å². The van der Waals surface area contributed by atoms with Crippen LogP contribution in [-0.2, 0) is 11.3 Å². The highest BCUT2D eigenvalue weighted by molar-refractivity contribution is 5.85. The monoisotopic (exact) mass is 255 g/mol. The molecule has 3 rings (SSSR count). The summed E-state index contributed by atoms with van der Waals surface area (Å²) in [7, 11) is 0. The third kappa shape index (κ3) is 2.80. The van der Waals surface area contributed by atoms with E-state index in [-0.39, 0.29) is 0 Å². The Kier molecular flexibility index (Phi) is 3.81. The molecule has 1 heterocycles. The molecule has 1 aliphatic rings. The summed E-state index contributed by atoms with van der Waals surface area (Å²) in [5, 5.41) is 6.01. The van der Waals surface area contributed by atoms with Crippen LogP contribution in [0, 0.1) is 5.92 Å². The van der Waals surface area contributed by atoms with E-state index >= 15 is 0 Å². The molecule has 1 aliphatic heterocycles. The predicted molar refractivity (Wildman–Crippen MR) is 79.2 cm³/mol. The molecule has 0 aromatic heterocycles. The Hall–Kier alpha value is -1.38. The number of hydrogen-bond acceptors (Lipinski definition) is 2. The first-order valence-corrected chi connectivity index (χ1v) is 7.13. The molecule has 2 aromatic rings. The summed E-state index contributed by atoms with van der Waals surface area (Å²) in [6.45, 7) is 5.09. The van der Waals surface area contributed by atoms with Crippen LogP contribution in [0.5, 0.6) is 0 Å². The maximum absolute atomic E-state index is 6.13. The molecule has 19 heavy (non-hydrogen) atoms. The summed E-state index contributed by atoms with van der Waals surface area (Å²) >= 11 is 0. The molecule has 0 radical (unpaired) electrons. The SMILES string of the molecule is CC1CCNCC1OCc1cccc2ccccc12. The van der Waals surface area contributed by atoms with Gasteiger partial charge < -0.3 is 10.1 Å². The predicted octanol–water partition coefficient (Wildman–Crippen LogP) is 3.35. The molecule has 2 nitrogen and oxygen atoms in total. The summed E-state index contributed by atoms with van der Waals surface area (Å²) in [6, 6.07) is 15.0. The summed E-state index contributed by atoms with van der Waals surface area (Å²) in [6.07, 6.45) is 1.55. The summed E-state index contributed by atoms with van der Waals surface area (Å²) < 4.78 is 6.13. The van der Waals surface area contributed by atoms with E-state index in [2.05, 4.69) is 54.7 Å². The van der Waals surface area contributed by atoms with Crippen molar-refractivity contribution in [3.05, 3.63) is 48.0 Å². The van der Waals surface area contributed by atoms with Crippen molar-refractivity contribution in [1.82, 2.24) is 5.32 Å². The molecular formula is C17H21NO. The second-order valence-corrected chi connectivity index (χ2v) is 5.46. The zero-order valence-corrected chi connectivity index (χ0v) is 11.4. The van der Waals surface area contributed by atoms with Crippen molar-refractivity contribution in [2.45, 2.75) is 26.1 Å². The number of fused-ring (bicyclic) bond motifs is 1. The van der Waals surface area contributed by atoms with Gasteiger partial charge in [0, 0.05) is 6.54 Å². The second-order valence-electron chi connectivity index (χ2n) is 5.46. The minimum atomic E-state index is 0.340. The third-order valence-corrected chi connectivity index (χ3v) is 4.09. The van der Waals surface area contributed by atoms with E-state index < -0.39 is 0 Å². The van der Waals surface area contributed by atoms with Gasteiger partial charge in [0.2, 0.25) is 0 Å². The highest BCUT2D eigenvalue weighted by Gasteiger charge is 2.21. The van der Waals surface area contributed by atoms with Gasteiger partial charge in [-0.05, 0) is 35.2 Å². The minimum absolute atomic E-state index is 0.340. The van der Waals surface area contributed by atoms with Crippen molar-refractivity contribution < 1.29 is 4.74 Å². The second kappa shape index (κ2) is 5.72. The van der Waals surface area contributed by atoms with Crippen LogP contribution in [0.25, 0.3) is 10.8 Å². The number of benzene rings is 2. The van der Waals surface area contributed by atoms with Crippen LogP contribution in [0.4, 0.5) is 0 Å².